The number of hydrogen-bond donors (Lipinski definition) is 2. The maximum absolute atomic E-state index is 12.1. The summed E-state index contributed by atoms with van der Waals surface area (Å²) < 4.78 is 10.6. The van der Waals surface area contributed by atoms with Gasteiger partial charge in [0.1, 0.15) is 16.9 Å². The maximum Gasteiger partial charge on any atom is 0.357 e. The number of aliphatic hydroxyl groups excluding tert-OH is 1. The predicted octanol–water partition coefficient (Wildman–Crippen LogP) is 1.16. The first-order valence-corrected chi connectivity index (χ1v) is 8.29. The summed E-state index contributed by atoms with van der Waals surface area (Å²) in [5, 5.41) is 18.7. The second-order valence-electron chi connectivity index (χ2n) is 5.59. The number of amides is 1. The number of aliphatic carboxylic acids is 1. The van der Waals surface area contributed by atoms with Crippen molar-refractivity contribution < 1.29 is 34.1 Å². The van der Waals surface area contributed by atoms with Gasteiger partial charge >= 0.3 is 11.9 Å². The predicted molar refractivity (Wildman–Crippen MR) is 86.4 cm³/mol. The topological polar surface area (TPSA) is 113 Å². The van der Waals surface area contributed by atoms with Crippen molar-refractivity contribution in [2.45, 2.75) is 25.3 Å². The van der Waals surface area contributed by atoms with Crippen LogP contribution in [-0.4, -0.2) is 44.4 Å². The number of fused-ring (bicyclic) bond motifs is 1. The van der Waals surface area contributed by atoms with E-state index in [0.29, 0.717) is 0 Å². The molecule has 2 aliphatic rings. The Labute approximate surface area is 147 Å². The number of hydrogen-bond acceptors (Lipinski definition) is 7. The van der Waals surface area contributed by atoms with Gasteiger partial charge in [-0.1, -0.05) is 17.8 Å². The minimum absolute atomic E-state index is 0.0500. The third-order valence-electron chi connectivity index (χ3n) is 3.75. The van der Waals surface area contributed by atoms with E-state index in [1.54, 1.807) is 18.2 Å². The Morgan fingerprint density at radius 2 is 2.00 bits per heavy atom. The number of ether oxygens (including phenoxy) is 2. The van der Waals surface area contributed by atoms with Crippen LogP contribution in [0.1, 0.15) is 13.8 Å². The average Bonchev–Trinajstić information content (AvgIpc) is 2.81. The highest BCUT2D eigenvalue weighted by Crippen LogP contribution is 2.50. The molecule has 1 fully saturated rings. The van der Waals surface area contributed by atoms with Crippen LogP contribution in [0.4, 0.5) is 0 Å². The van der Waals surface area contributed by atoms with Crippen molar-refractivity contribution in [2.75, 3.05) is 0 Å². The highest BCUT2D eigenvalue weighted by atomic mass is 32.2. The molecule has 8 nitrogen and oxygen atoms in total. The van der Waals surface area contributed by atoms with Crippen molar-refractivity contribution in [3.63, 3.8) is 0 Å². The van der Waals surface area contributed by atoms with Gasteiger partial charge in [-0.15, -0.1) is 0 Å². The normalized spacial score (nSPS) is 23.0. The molecule has 1 aromatic rings. The number of esters is 1. The Bertz CT molecular complexity index is 788. The molecule has 0 aromatic heterocycles. The largest absolute Gasteiger partial charge is 0.476 e. The summed E-state index contributed by atoms with van der Waals surface area (Å²) in [5.74, 6) is -2.38. The van der Waals surface area contributed by atoms with Crippen molar-refractivity contribution in [2.24, 2.45) is 5.92 Å². The molecular weight excluding hydrogens is 350 g/mol. The second-order valence-corrected chi connectivity index (χ2v) is 6.68. The SMILES string of the molecule is CC(=O)Oc1cccc(OC2=C(C(=O)O)N3C(=O)[C@H]([C@@H](C)O)[C@H]3S2)c1. The van der Waals surface area contributed by atoms with Gasteiger partial charge in [-0.3, -0.25) is 14.5 Å². The van der Waals surface area contributed by atoms with Gasteiger partial charge in [0.2, 0.25) is 5.91 Å². The fourth-order valence-corrected chi connectivity index (χ4v) is 4.16. The van der Waals surface area contributed by atoms with E-state index < -0.39 is 35.2 Å². The van der Waals surface area contributed by atoms with E-state index in [9.17, 15) is 24.6 Å². The zero-order chi connectivity index (χ0) is 18.3. The van der Waals surface area contributed by atoms with Gasteiger partial charge in [-0.05, 0) is 19.1 Å². The summed E-state index contributed by atoms with van der Waals surface area (Å²) >= 11 is 1.07. The quantitative estimate of drug-likeness (QED) is 0.454. The van der Waals surface area contributed by atoms with Crippen molar-refractivity contribution in [1.29, 1.82) is 0 Å². The Morgan fingerprint density at radius 1 is 1.32 bits per heavy atom. The zero-order valence-electron chi connectivity index (χ0n) is 13.3. The zero-order valence-corrected chi connectivity index (χ0v) is 14.1. The van der Waals surface area contributed by atoms with Crippen LogP contribution in [0.3, 0.4) is 0 Å². The number of nitrogens with zero attached hydrogens (tertiary/aromatic N) is 1. The number of carboxylic acid groups (broad SMARTS) is 1. The molecule has 3 atom stereocenters. The average molecular weight is 365 g/mol. The molecular formula is C16H15NO7S. The van der Waals surface area contributed by atoms with Gasteiger partial charge in [-0.2, -0.15) is 0 Å². The molecule has 0 aliphatic carbocycles. The lowest BCUT2D eigenvalue weighted by Crippen LogP contribution is -2.60. The molecule has 2 aliphatic heterocycles. The summed E-state index contributed by atoms with van der Waals surface area (Å²) in [4.78, 5) is 35.8. The first kappa shape index (κ1) is 17.3. The Kier molecular flexibility index (Phi) is 4.44. The van der Waals surface area contributed by atoms with Crippen molar-refractivity contribution in [3.05, 3.63) is 35.1 Å². The standard InChI is InChI=1S/C16H15NO7S/c1-7(18)11-13(20)17-12(15(21)22)16(25-14(11)17)24-10-5-3-4-9(6-10)23-8(2)19/h3-7,11,14,18H,1-2H3,(H,21,22)/t7-,11+,14-/m1/s1. The number of β-lactam (4-membered cyclic amide) rings is 1. The molecule has 25 heavy (non-hydrogen) atoms. The number of benzene rings is 1. The smallest absolute Gasteiger partial charge is 0.357 e. The molecule has 9 heteroatoms. The van der Waals surface area contributed by atoms with Crippen LogP contribution in [0.2, 0.25) is 0 Å². The molecule has 132 valence electrons. The van der Waals surface area contributed by atoms with Crippen LogP contribution in [0, 0.1) is 5.92 Å². The van der Waals surface area contributed by atoms with Crippen LogP contribution < -0.4 is 9.47 Å². The number of rotatable bonds is 5. The number of thioether (sulfide) groups is 1. The van der Waals surface area contributed by atoms with Gasteiger partial charge in [0.15, 0.2) is 10.8 Å². The van der Waals surface area contributed by atoms with Crippen LogP contribution in [-0.2, 0) is 14.4 Å². The summed E-state index contributed by atoms with van der Waals surface area (Å²) in [5.41, 5.74) is -0.255. The molecule has 0 unspecified atom stereocenters. The van der Waals surface area contributed by atoms with Gasteiger partial charge in [-0.25, -0.2) is 4.79 Å². The van der Waals surface area contributed by atoms with E-state index in [1.165, 1.54) is 19.9 Å². The van der Waals surface area contributed by atoms with Crippen molar-refractivity contribution >= 4 is 29.6 Å². The molecule has 3 rings (SSSR count). The molecule has 0 bridgehead atoms. The summed E-state index contributed by atoms with van der Waals surface area (Å²) in [6.45, 7) is 2.75. The number of aliphatic hydroxyl groups is 1. The molecule has 0 radical (unpaired) electrons. The van der Waals surface area contributed by atoms with Gasteiger partial charge in [0.05, 0.1) is 12.0 Å². The van der Waals surface area contributed by atoms with Crippen LogP contribution in [0.5, 0.6) is 11.5 Å². The monoisotopic (exact) mass is 365 g/mol. The van der Waals surface area contributed by atoms with E-state index in [0.717, 1.165) is 16.7 Å². The van der Waals surface area contributed by atoms with Crippen LogP contribution in [0.15, 0.2) is 35.1 Å². The highest BCUT2D eigenvalue weighted by molar-refractivity contribution is 8.03. The number of carbonyl (C=O) groups excluding carboxylic acids is 2. The third kappa shape index (κ3) is 3.08. The van der Waals surface area contributed by atoms with E-state index in [4.69, 9.17) is 9.47 Å². The van der Waals surface area contributed by atoms with E-state index >= 15 is 0 Å². The van der Waals surface area contributed by atoms with E-state index in [2.05, 4.69) is 0 Å². The molecule has 1 amide bonds. The van der Waals surface area contributed by atoms with Crippen LogP contribution >= 0.6 is 11.8 Å². The highest BCUT2D eigenvalue weighted by Gasteiger charge is 2.58. The summed E-state index contributed by atoms with van der Waals surface area (Å²) in [7, 11) is 0. The fourth-order valence-electron chi connectivity index (χ4n) is 2.70. The second kappa shape index (κ2) is 6.41. The Hall–Kier alpha value is -2.52. The number of carboxylic acids is 1. The lowest BCUT2D eigenvalue weighted by Gasteiger charge is -2.43. The first-order valence-electron chi connectivity index (χ1n) is 7.41. The van der Waals surface area contributed by atoms with Crippen molar-refractivity contribution in [3.8, 4) is 11.5 Å². The lowest BCUT2D eigenvalue weighted by molar-refractivity contribution is -0.156. The number of carbonyl (C=O) groups is 3. The molecule has 0 spiro atoms. The minimum Gasteiger partial charge on any atom is -0.476 e. The Morgan fingerprint density at radius 3 is 2.60 bits per heavy atom. The van der Waals surface area contributed by atoms with Crippen LogP contribution in [0.25, 0.3) is 0 Å². The molecule has 1 saturated heterocycles. The van der Waals surface area contributed by atoms with E-state index in [-0.39, 0.29) is 22.3 Å². The molecule has 2 heterocycles. The van der Waals surface area contributed by atoms with Gasteiger partial charge in [0.25, 0.3) is 0 Å². The molecule has 1 aromatic carbocycles. The summed E-state index contributed by atoms with van der Waals surface area (Å²) in [6.07, 6.45) is -0.886. The first-order chi connectivity index (χ1) is 11.8. The third-order valence-corrected chi connectivity index (χ3v) is 4.98. The van der Waals surface area contributed by atoms with Gasteiger partial charge in [0, 0.05) is 13.0 Å². The molecule has 2 N–H and O–H groups in total. The van der Waals surface area contributed by atoms with Crippen molar-refractivity contribution in [1.82, 2.24) is 4.90 Å². The minimum atomic E-state index is -1.29. The Balaban J connectivity index is 1.86. The van der Waals surface area contributed by atoms with Gasteiger partial charge < -0.3 is 19.7 Å². The summed E-state index contributed by atoms with van der Waals surface area (Å²) in [6, 6.07) is 6.16. The van der Waals surface area contributed by atoms with E-state index in [1.807, 2.05) is 0 Å². The lowest BCUT2D eigenvalue weighted by atomic mass is 9.92. The molecule has 0 saturated carbocycles. The maximum atomic E-state index is 12.1. The fraction of sp³-hybridized carbons (Fsp3) is 0.312.